The molecular formula is C21H19F3N6O. The largest absolute Gasteiger partial charge is 0.416 e. The van der Waals surface area contributed by atoms with Gasteiger partial charge in [0.1, 0.15) is 12.1 Å². The summed E-state index contributed by atoms with van der Waals surface area (Å²) in [6.07, 6.45) is -2.92. The first kappa shape index (κ1) is 20.7. The average Bonchev–Trinajstić information content (AvgIpc) is 3.19. The number of rotatable bonds is 2. The van der Waals surface area contributed by atoms with E-state index in [4.69, 9.17) is 5.73 Å². The van der Waals surface area contributed by atoms with Crippen LogP contribution >= 0.6 is 0 Å². The lowest BCUT2D eigenvalue weighted by Gasteiger charge is -2.42. The van der Waals surface area contributed by atoms with E-state index in [0.29, 0.717) is 12.1 Å². The lowest BCUT2D eigenvalue weighted by molar-refractivity contribution is -0.138. The third-order valence-corrected chi connectivity index (χ3v) is 5.57. The minimum atomic E-state index is -4.66. The van der Waals surface area contributed by atoms with Crippen LogP contribution < -0.4 is 10.6 Å². The molecule has 2 aliphatic rings. The first-order valence-corrected chi connectivity index (χ1v) is 9.53. The second-order valence-electron chi connectivity index (χ2n) is 8.37. The quantitative estimate of drug-likeness (QED) is 0.753. The molecule has 1 aromatic carbocycles. The van der Waals surface area contributed by atoms with Crippen LogP contribution in [0.5, 0.6) is 0 Å². The first-order chi connectivity index (χ1) is 14.5. The Morgan fingerprint density at radius 3 is 2.61 bits per heavy atom. The smallest absolute Gasteiger partial charge is 0.384 e. The molecule has 1 atom stereocenters. The van der Waals surface area contributed by atoms with Crippen molar-refractivity contribution in [2.45, 2.75) is 38.8 Å². The maximum atomic E-state index is 13.8. The second kappa shape index (κ2) is 6.97. The number of carbonyl (C=O) groups is 1. The molecule has 0 unspecified atom stereocenters. The summed E-state index contributed by atoms with van der Waals surface area (Å²) in [5, 5.41) is 16.4. The van der Waals surface area contributed by atoms with Crippen LogP contribution in [0.2, 0.25) is 0 Å². The number of alkyl halides is 3. The van der Waals surface area contributed by atoms with E-state index >= 15 is 0 Å². The van der Waals surface area contributed by atoms with Gasteiger partial charge in [0.05, 0.1) is 23.1 Å². The normalized spacial score (nSPS) is 21.2. The van der Waals surface area contributed by atoms with Crippen molar-refractivity contribution >= 4 is 11.7 Å². The summed E-state index contributed by atoms with van der Waals surface area (Å²) in [6.45, 7) is 3.79. The van der Waals surface area contributed by atoms with Crippen LogP contribution in [0.15, 0.2) is 53.3 Å². The standard InChI is InChI=1S/C21H19F3N6O/c1-20(2)7-14-17(15(31)8-20)16(11-5-3-4-6-13(11)21(22,23)24)12(9-25)18(26)30(14)19-27-10-28-29-19/h3-6,10,16H,7-8,26H2,1-2H3,(H,27,28,29)/t16-/m1/s1. The molecule has 0 radical (unpaired) electrons. The summed E-state index contributed by atoms with van der Waals surface area (Å²) in [6, 6.07) is 6.91. The van der Waals surface area contributed by atoms with Crippen LogP contribution in [0.1, 0.15) is 43.7 Å². The van der Waals surface area contributed by atoms with Gasteiger partial charge in [-0.25, -0.2) is 5.10 Å². The van der Waals surface area contributed by atoms with Crippen LogP contribution in [-0.2, 0) is 11.0 Å². The van der Waals surface area contributed by atoms with Crippen LogP contribution in [0.25, 0.3) is 0 Å². The number of nitrogens with zero attached hydrogens (tertiary/aromatic N) is 4. The number of halogens is 3. The van der Waals surface area contributed by atoms with Crippen molar-refractivity contribution in [1.29, 1.82) is 5.26 Å². The Morgan fingerprint density at radius 2 is 2.00 bits per heavy atom. The Hall–Kier alpha value is -3.61. The maximum absolute atomic E-state index is 13.8. The zero-order valence-electron chi connectivity index (χ0n) is 16.8. The lowest BCUT2D eigenvalue weighted by Crippen LogP contribution is -2.42. The molecule has 0 amide bonds. The van der Waals surface area contributed by atoms with Crippen molar-refractivity contribution in [3.8, 4) is 6.07 Å². The van der Waals surface area contributed by atoms with Crippen LogP contribution in [0.3, 0.4) is 0 Å². The predicted octanol–water partition coefficient (Wildman–Crippen LogP) is 3.76. The third-order valence-electron chi connectivity index (χ3n) is 5.57. The Labute approximate surface area is 176 Å². The van der Waals surface area contributed by atoms with Crippen LogP contribution in [-0.4, -0.2) is 21.0 Å². The number of anilines is 1. The Morgan fingerprint density at radius 1 is 1.29 bits per heavy atom. The number of nitrogens with one attached hydrogen (secondary N) is 1. The van der Waals surface area contributed by atoms with E-state index < -0.39 is 23.1 Å². The maximum Gasteiger partial charge on any atom is 0.416 e. The van der Waals surface area contributed by atoms with Gasteiger partial charge in [-0.15, -0.1) is 0 Å². The monoisotopic (exact) mass is 428 g/mol. The minimum absolute atomic E-state index is 0.0783. The molecule has 2 heterocycles. The molecule has 0 saturated heterocycles. The lowest BCUT2D eigenvalue weighted by atomic mass is 9.68. The number of nitrogens with two attached hydrogens (primary N) is 1. The molecule has 160 valence electrons. The van der Waals surface area contributed by atoms with Gasteiger partial charge in [-0.3, -0.25) is 9.69 Å². The highest BCUT2D eigenvalue weighted by Crippen LogP contribution is 2.51. The van der Waals surface area contributed by atoms with Crippen molar-refractivity contribution < 1.29 is 18.0 Å². The molecule has 7 nitrogen and oxygen atoms in total. The fraction of sp³-hybridized carbons (Fsp3) is 0.333. The molecule has 0 saturated carbocycles. The van der Waals surface area contributed by atoms with Gasteiger partial charge in [-0.05, 0) is 23.5 Å². The van der Waals surface area contributed by atoms with E-state index in [1.807, 2.05) is 19.9 Å². The number of aromatic amines is 1. The van der Waals surface area contributed by atoms with Gasteiger partial charge in [-0.2, -0.15) is 28.5 Å². The Bertz CT molecular complexity index is 1150. The number of hydrogen-bond acceptors (Lipinski definition) is 6. The summed E-state index contributed by atoms with van der Waals surface area (Å²) in [5.74, 6) is -1.44. The third kappa shape index (κ3) is 3.36. The van der Waals surface area contributed by atoms with E-state index in [0.717, 1.165) is 6.07 Å². The number of aromatic nitrogens is 3. The van der Waals surface area contributed by atoms with Crippen molar-refractivity contribution in [2.75, 3.05) is 4.90 Å². The fourth-order valence-electron chi connectivity index (χ4n) is 4.38. The molecule has 0 fully saturated rings. The van der Waals surface area contributed by atoms with Gasteiger partial charge in [0.2, 0.25) is 5.95 Å². The molecule has 4 rings (SSSR count). The molecule has 31 heavy (non-hydrogen) atoms. The first-order valence-electron chi connectivity index (χ1n) is 9.53. The second-order valence-corrected chi connectivity index (χ2v) is 8.37. The number of allylic oxidation sites excluding steroid dienone is 3. The number of nitriles is 1. The predicted molar refractivity (Wildman–Crippen MR) is 105 cm³/mol. The van der Waals surface area contributed by atoms with E-state index in [-0.39, 0.29) is 40.7 Å². The SMILES string of the molecule is CC1(C)CC(=O)C2=C(C1)N(c1ncn[nH]1)C(N)=C(C#N)[C@H]2c1ccccc1C(F)(F)F. The topological polar surface area (TPSA) is 112 Å². The summed E-state index contributed by atoms with van der Waals surface area (Å²) in [5.41, 5.74) is 5.22. The summed E-state index contributed by atoms with van der Waals surface area (Å²) < 4.78 is 41.4. The number of ketones is 1. The number of benzene rings is 1. The summed E-state index contributed by atoms with van der Waals surface area (Å²) in [7, 11) is 0. The van der Waals surface area contributed by atoms with E-state index in [1.165, 1.54) is 29.4 Å². The van der Waals surface area contributed by atoms with Crippen LogP contribution in [0.4, 0.5) is 19.1 Å². The molecule has 0 spiro atoms. The van der Waals surface area contributed by atoms with Crippen molar-refractivity contribution in [2.24, 2.45) is 11.1 Å². The highest BCUT2D eigenvalue weighted by molar-refractivity contribution is 6.01. The van der Waals surface area contributed by atoms with Gasteiger partial charge < -0.3 is 5.73 Å². The molecule has 10 heteroatoms. The fourth-order valence-corrected chi connectivity index (χ4v) is 4.38. The number of hydrogen-bond donors (Lipinski definition) is 2. The van der Waals surface area contributed by atoms with Gasteiger partial charge in [0.25, 0.3) is 0 Å². The van der Waals surface area contributed by atoms with E-state index in [9.17, 15) is 23.2 Å². The summed E-state index contributed by atoms with van der Waals surface area (Å²) >= 11 is 0. The zero-order valence-corrected chi connectivity index (χ0v) is 16.8. The Kier molecular flexibility index (Phi) is 4.65. The molecule has 1 aromatic heterocycles. The van der Waals surface area contributed by atoms with Gasteiger partial charge in [0.15, 0.2) is 5.78 Å². The van der Waals surface area contributed by atoms with Crippen molar-refractivity contribution in [1.82, 2.24) is 15.2 Å². The highest BCUT2D eigenvalue weighted by atomic mass is 19.4. The van der Waals surface area contributed by atoms with E-state index in [1.54, 1.807) is 0 Å². The highest BCUT2D eigenvalue weighted by Gasteiger charge is 2.47. The van der Waals surface area contributed by atoms with Gasteiger partial charge >= 0.3 is 6.18 Å². The average molecular weight is 428 g/mol. The zero-order chi connectivity index (χ0) is 22.6. The molecular weight excluding hydrogens is 409 g/mol. The Balaban J connectivity index is 2.04. The molecule has 3 N–H and O–H groups in total. The number of H-pyrrole nitrogens is 1. The summed E-state index contributed by atoms with van der Waals surface area (Å²) in [4.78, 5) is 18.8. The molecule has 1 aliphatic heterocycles. The van der Waals surface area contributed by atoms with Crippen LogP contribution in [0, 0.1) is 16.7 Å². The minimum Gasteiger partial charge on any atom is -0.384 e. The number of Topliss-reactive ketones (excluding diaryl/α,β-unsaturated/α-hetero) is 1. The van der Waals surface area contributed by atoms with Gasteiger partial charge in [0, 0.05) is 17.7 Å². The molecule has 1 aliphatic carbocycles. The van der Waals surface area contributed by atoms with E-state index in [2.05, 4.69) is 15.2 Å². The molecule has 2 aromatic rings. The van der Waals surface area contributed by atoms with Crippen molar-refractivity contribution in [3.63, 3.8) is 0 Å². The van der Waals surface area contributed by atoms with Gasteiger partial charge in [-0.1, -0.05) is 32.0 Å². The van der Waals surface area contributed by atoms with Crippen molar-refractivity contribution in [3.05, 3.63) is 64.4 Å². The molecule has 0 bridgehead atoms. The number of carbonyl (C=O) groups excluding carboxylic acids is 1.